The van der Waals surface area contributed by atoms with Gasteiger partial charge in [0, 0.05) is 29.2 Å². The minimum atomic E-state index is -0.185. The molecular formula is C27H23N3O5S. The summed E-state index contributed by atoms with van der Waals surface area (Å²) in [5.74, 6) is 2.70. The number of thiocarbonyl (C=S) groups is 1. The zero-order valence-corrected chi connectivity index (χ0v) is 20.3. The van der Waals surface area contributed by atoms with Crippen molar-refractivity contribution >= 4 is 33.9 Å². The quantitative estimate of drug-likeness (QED) is 0.381. The first-order valence-corrected chi connectivity index (χ1v) is 11.9. The van der Waals surface area contributed by atoms with E-state index in [0.717, 1.165) is 28.0 Å². The van der Waals surface area contributed by atoms with Gasteiger partial charge in [0.25, 0.3) is 5.56 Å². The number of hydrogen-bond acceptors (Lipinski definition) is 6. The van der Waals surface area contributed by atoms with Gasteiger partial charge < -0.3 is 34.1 Å². The van der Waals surface area contributed by atoms with Crippen molar-refractivity contribution in [3.05, 3.63) is 87.7 Å². The minimum Gasteiger partial charge on any atom is -0.454 e. The Morgan fingerprint density at radius 2 is 1.58 bits per heavy atom. The molecule has 2 aliphatic heterocycles. The molecule has 0 atom stereocenters. The largest absolute Gasteiger partial charge is 0.454 e. The summed E-state index contributed by atoms with van der Waals surface area (Å²) in [5, 5.41) is 4.66. The second kappa shape index (κ2) is 9.09. The lowest BCUT2D eigenvalue weighted by Crippen LogP contribution is -2.35. The van der Waals surface area contributed by atoms with Crippen LogP contribution in [-0.2, 0) is 13.1 Å². The van der Waals surface area contributed by atoms with Crippen molar-refractivity contribution in [1.29, 1.82) is 0 Å². The van der Waals surface area contributed by atoms with Crippen molar-refractivity contribution in [1.82, 2.24) is 9.88 Å². The van der Waals surface area contributed by atoms with Gasteiger partial charge in [-0.3, -0.25) is 4.79 Å². The highest BCUT2D eigenvalue weighted by Crippen LogP contribution is 2.35. The Kier molecular flexibility index (Phi) is 5.61. The summed E-state index contributed by atoms with van der Waals surface area (Å²) < 4.78 is 21.9. The minimum absolute atomic E-state index is 0.172. The average molecular weight is 502 g/mol. The fourth-order valence-electron chi connectivity index (χ4n) is 4.26. The molecular weight excluding hydrogens is 478 g/mol. The number of aromatic amines is 1. The molecule has 0 amide bonds. The number of rotatable bonds is 5. The molecule has 182 valence electrons. The molecule has 0 saturated heterocycles. The molecule has 3 aromatic carbocycles. The van der Waals surface area contributed by atoms with E-state index < -0.39 is 0 Å². The predicted octanol–water partition coefficient (Wildman–Crippen LogP) is 4.69. The summed E-state index contributed by atoms with van der Waals surface area (Å²) in [5.41, 5.74) is 4.10. The van der Waals surface area contributed by atoms with Crippen LogP contribution in [0.1, 0.15) is 16.7 Å². The molecule has 3 heterocycles. The number of hydrogen-bond donors (Lipinski definition) is 2. The van der Waals surface area contributed by atoms with Gasteiger partial charge in [0.2, 0.25) is 13.6 Å². The molecule has 0 bridgehead atoms. The maximum absolute atomic E-state index is 13.0. The van der Waals surface area contributed by atoms with Crippen LogP contribution in [0.25, 0.3) is 10.9 Å². The van der Waals surface area contributed by atoms with Crippen LogP contribution in [0, 0.1) is 6.92 Å². The van der Waals surface area contributed by atoms with Crippen molar-refractivity contribution in [2.75, 3.05) is 18.9 Å². The van der Waals surface area contributed by atoms with Gasteiger partial charge in [-0.1, -0.05) is 23.8 Å². The Balaban J connectivity index is 1.32. The summed E-state index contributed by atoms with van der Waals surface area (Å²) in [6.45, 7) is 3.18. The lowest BCUT2D eigenvalue weighted by atomic mass is 10.1. The molecule has 0 radical (unpaired) electrons. The van der Waals surface area contributed by atoms with Crippen molar-refractivity contribution < 1.29 is 18.9 Å². The summed E-state index contributed by atoms with van der Waals surface area (Å²) in [6.07, 6.45) is 0. The van der Waals surface area contributed by atoms with Gasteiger partial charge >= 0.3 is 0 Å². The molecule has 0 unspecified atom stereocenters. The smallest absolute Gasteiger partial charge is 0.253 e. The number of nitrogens with zero attached hydrogens (tertiary/aromatic N) is 1. The number of nitrogens with one attached hydrogen (secondary N) is 2. The number of anilines is 1. The number of ether oxygens (including phenoxy) is 4. The van der Waals surface area contributed by atoms with Crippen LogP contribution in [0.15, 0.2) is 65.5 Å². The number of pyridine rings is 1. The third-order valence-corrected chi connectivity index (χ3v) is 6.54. The number of H-pyrrole nitrogens is 1. The highest BCUT2D eigenvalue weighted by Gasteiger charge is 2.19. The first-order chi connectivity index (χ1) is 17.5. The molecule has 2 aliphatic rings. The van der Waals surface area contributed by atoms with Crippen LogP contribution < -0.4 is 29.8 Å². The summed E-state index contributed by atoms with van der Waals surface area (Å²) in [7, 11) is 0. The second-order valence-corrected chi connectivity index (χ2v) is 9.14. The first-order valence-electron chi connectivity index (χ1n) is 11.5. The second-order valence-electron chi connectivity index (χ2n) is 8.76. The van der Waals surface area contributed by atoms with Crippen LogP contribution >= 0.6 is 12.2 Å². The van der Waals surface area contributed by atoms with Crippen LogP contribution in [0.3, 0.4) is 0 Å². The number of benzene rings is 3. The lowest BCUT2D eigenvalue weighted by molar-refractivity contribution is 0.173. The van der Waals surface area contributed by atoms with Crippen molar-refractivity contribution in [2.45, 2.75) is 20.0 Å². The van der Waals surface area contributed by atoms with Gasteiger partial charge in [-0.05, 0) is 61.1 Å². The number of fused-ring (bicyclic) bond motifs is 3. The maximum atomic E-state index is 13.0. The fraction of sp³-hybridized carbons (Fsp3) is 0.185. The van der Waals surface area contributed by atoms with Gasteiger partial charge in [-0.2, -0.15) is 0 Å². The predicted molar refractivity (Wildman–Crippen MR) is 140 cm³/mol. The van der Waals surface area contributed by atoms with E-state index in [-0.39, 0.29) is 19.1 Å². The van der Waals surface area contributed by atoms with E-state index in [1.807, 2.05) is 66.4 Å². The molecule has 6 rings (SSSR count). The maximum Gasteiger partial charge on any atom is 0.253 e. The molecule has 4 aromatic rings. The average Bonchev–Trinajstić information content (AvgIpc) is 3.52. The van der Waals surface area contributed by atoms with Crippen molar-refractivity contribution in [2.24, 2.45) is 0 Å². The molecule has 36 heavy (non-hydrogen) atoms. The molecule has 9 heteroatoms. The van der Waals surface area contributed by atoms with Gasteiger partial charge in [0.15, 0.2) is 28.1 Å². The van der Waals surface area contributed by atoms with Gasteiger partial charge in [-0.25, -0.2) is 0 Å². The summed E-state index contributed by atoms with van der Waals surface area (Å²) >= 11 is 5.80. The van der Waals surface area contributed by atoms with E-state index in [2.05, 4.69) is 10.3 Å². The lowest BCUT2D eigenvalue weighted by Gasteiger charge is -2.26. The van der Waals surface area contributed by atoms with Crippen LogP contribution in [0.2, 0.25) is 0 Å². The molecule has 8 nitrogen and oxygen atoms in total. The SMILES string of the molecule is Cc1ccc(NC(=S)N(Cc2ccc3c(c2)OCO3)Cc2cc3cc4c(cc3[nH]c2=O)OCO4)cc1. The van der Waals surface area contributed by atoms with Gasteiger partial charge in [0.05, 0.1) is 12.1 Å². The van der Waals surface area contributed by atoms with E-state index in [1.165, 1.54) is 0 Å². The van der Waals surface area contributed by atoms with E-state index in [4.69, 9.17) is 31.2 Å². The highest BCUT2D eigenvalue weighted by atomic mass is 32.1. The first kappa shape index (κ1) is 22.2. The third-order valence-electron chi connectivity index (χ3n) is 6.18. The third kappa shape index (κ3) is 4.40. The Morgan fingerprint density at radius 1 is 0.889 bits per heavy atom. The van der Waals surface area contributed by atoms with E-state index >= 15 is 0 Å². The van der Waals surface area contributed by atoms with Gasteiger partial charge in [0.1, 0.15) is 0 Å². The fourth-order valence-corrected chi connectivity index (χ4v) is 4.51. The Labute approximate surface area is 212 Å². The van der Waals surface area contributed by atoms with Crippen LogP contribution in [-0.4, -0.2) is 28.6 Å². The standard InChI is InChI=1S/C27H23N3O5S/c1-16-2-5-20(6-3-16)28-27(36)30(12-17-4-7-22-23(8-17)33-14-32-22)13-19-9-18-10-24-25(35-15-34-24)11-21(18)29-26(19)31/h2-11H,12-15H2,1H3,(H,28,36)(H,29,31). The topological polar surface area (TPSA) is 85.1 Å². The zero-order valence-electron chi connectivity index (χ0n) is 19.5. The summed E-state index contributed by atoms with van der Waals surface area (Å²) in [6, 6.07) is 19.3. The normalized spacial score (nSPS) is 13.1. The Bertz CT molecular complexity index is 1530. The molecule has 2 N–H and O–H groups in total. The van der Waals surface area contributed by atoms with Gasteiger partial charge in [-0.15, -0.1) is 0 Å². The van der Waals surface area contributed by atoms with E-state index in [0.29, 0.717) is 46.5 Å². The molecule has 0 aliphatic carbocycles. The van der Waals surface area contributed by atoms with Crippen molar-refractivity contribution in [3.8, 4) is 23.0 Å². The molecule has 1 aromatic heterocycles. The molecule has 0 fully saturated rings. The molecule has 0 saturated carbocycles. The number of aryl methyl sites for hydroxylation is 1. The Morgan fingerprint density at radius 3 is 2.36 bits per heavy atom. The highest BCUT2D eigenvalue weighted by molar-refractivity contribution is 7.80. The zero-order chi connectivity index (χ0) is 24.6. The summed E-state index contributed by atoms with van der Waals surface area (Å²) in [4.78, 5) is 18.0. The van der Waals surface area contributed by atoms with Crippen LogP contribution in [0.4, 0.5) is 5.69 Å². The van der Waals surface area contributed by atoms with Crippen LogP contribution in [0.5, 0.6) is 23.0 Å². The number of aromatic nitrogens is 1. The Hall–Kier alpha value is -4.24. The van der Waals surface area contributed by atoms with Crippen molar-refractivity contribution in [3.63, 3.8) is 0 Å². The van der Waals surface area contributed by atoms with E-state index in [9.17, 15) is 4.79 Å². The monoisotopic (exact) mass is 501 g/mol. The van der Waals surface area contributed by atoms with E-state index in [1.54, 1.807) is 6.07 Å². The molecule has 0 spiro atoms.